The van der Waals surface area contributed by atoms with E-state index in [0.717, 1.165) is 5.56 Å². The minimum Gasteiger partial charge on any atom is -0.495 e. The number of aliphatic hydroxyl groups is 1. The fourth-order valence-electron chi connectivity index (χ4n) is 1.77. The average molecular weight is 266 g/mol. The molecule has 1 aromatic carbocycles. The van der Waals surface area contributed by atoms with Crippen LogP contribution >= 0.6 is 0 Å². The third kappa shape index (κ3) is 3.45. The van der Waals surface area contributed by atoms with Gasteiger partial charge in [0, 0.05) is 13.6 Å². The zero-order chi connectivity index (χ0) is 14.6. The molecule has 5 nitrogen and oxygen atoms in total. The van der Waals surface area contributed by atoms with E-state index < -0.39 is 12.0 Å². The van der Waals surface area contributed by atoms with Gasteiger partial charge >= 0.3 is 0 Å². The summed E-state index contributed by atoms with van der Waals surface area (Å²) in [5, 5.41) is 9.54. The van der Waals surface area contributed by atoms with Crippen LogP contribution in [0.15, 0.2) is 18.2 Å². The van der Waals surface area contributed by atoms with E-state index >= 15 is 0 Å². The Morgan fingerprint density at radius 2 is 2.11 bits per heavy atom. The Morgan fingerprint density at radius 3 is 2.58 bits per heavy atom. The second-order valence-electron chi connectivity index (χ2n) is 4.73. The quantitative estimate of drug-likeness (QED) is 0.837. The van der Waals surface area contributed by atoms with Crippen LogP contribution in [0, 0.1) is 0 Å². The molecule has 1 atom stereocenters. The first-order chi connectivity index (χ1) is 8.92. The summed E-state index contributed by atoms with van der Waals surface area (Å²) in [7, 11) is 3.15. The van der Waals surface area contributed by atoms with Gasteiger partial charge in [0.25, 0.3) is 5.91 Å². The van der Waals surface area contributed by atoms with Crippen LogP contribution in [-0.4, -0.2) is 37.8 Å². The van der Waals surface area contributed by atoms with E-state index in [-0.39, 0.29) is 6.54 Å². The number of ether oxygens (including phenoxy) is 1. The number of nitrogens with zero attached hydrogens (tertiary/aromatic N) is 1. The van der Waals surface area contributed by atoms with Gasteiger partial charge in [0.05, 0.1) is 12.8 Å². The summed E-state index contributed by atoms with van der Waals surface area (Å²) in [5.41, 5.74) is 7.03. The number of benzene rings is 1. The Hall–Kier alpha value is -1.59. The van der Waals surface area contributed by atoms with Crippen molar-refractivity contribution in [3.05, 3.63) is 23.8 Å². The van der Waals surface area contributed by atoms with Gasteiger partial charge in [0.2, 0.25) is 0 Å². The van der Waals surface area contributed by atoms with Gasteiger partial charge in [0.15, 0.2) is 0 Å². The van der Waals surface area contributed by atoms with E-state index in [9.17, 15) is 9.90 Å². The number of hydrogen-bond acceptors (Lipinski definition) is 4. The van der Waals surface area contributed by atoms with Crippen molar-refractivity contribution >= 4 is 11.6 Å². The molecule has 0 saturated carbocycles. The molecule has 0 spiro atoms. The number of hydrogen-bond donors (Lipinski definition) is 2. The number of carbonyl (C=O) groups is 1. The molecule has 0 saturated heterocycles. The van der Waals surface area contributed by atoms with Gasteiger partial charge in [-0.05, 0) is 23.6 Å². The SMILES string of the molecule is COc1ccc(C(C)C)cc1N(C)C(=O)C(O)CN. The standard InChI is InChI=1S/C14H22N2O3/c1-9(2)10-5-6-13(19-4)11(7-10)16(3)14(18)12(17)8-15/h5-7,9,12,17H,8,15H2,1-4H3. The monoisotopic (exact) mass is 266 g/mol. The first-order valence-electron chi connectivity index (χ1n) is 6.26. The van der Waals surface area contributed by atoms with Gasteiger partial charge in [0.1, 0.15) is 11.9 Å². The van der Waals surface area contributed by atoms with Crippen molar-refractivity contribution in [1.29, 1.82) is 0 Å². The van der Waals surface area contributed by atoms with Crippen molar-refractivity contribution in [2.45, 2.75) is 25.9 Å². The number of amides is 1. The second-order valence-corrected chi connectivity index (χ2v) is 4.73. The van der Waals surface area contributed by atoms with Crippen molar-refractivity contribution in [3.8, 4) is 5.75 Å². The molecular weight excluding hydrogens is 244 g/mol. The lowest BCUT2D eigenvalue weighted by molar-refractivity contribution is -0.125. The molecule has 5 heteroatoms. The number of rotatable bonds is 5. The summed E-state index contributed by atoms with van der Waals surface area (Å²) in [6.45, 7) is 4.04. The molecule has 19 heavy (non-hydrogen) atoms. The van der Waals surface area contributed by atoms with E-state index in [4.69, 9.17) is 10.5 Å². The van der Waals surface area contributed by atoms with Crippen LogP contribution in [0.2, 0.25) is 0 Å². The van der Waals surface area contributed by atoms with E-state index in [2.05, 4.69) is 13.8 Å². The van der Waals surface area contributed by atoms with Crippen LogP contribution in [0.25, 0.3) is 0 Å². The average Bonchev–Trinajstić information content (AvgIpc) is 2.43. The summed E-state index contributed by atoms with van der Waals surface area (Å²) in [4.78, 5) is 13.3. The fraction of sp³-hybridized carbons (Fsp3) is 0.500. The third-order valence-electron chi connectivity index (χ3n) is 3.07. The molecule has 0 aliphatic rings. The van der Waals surface area contributed by atoms with Crippen molar-refractivity contribution in [2.24, 2.45) is 5.73 Å². The van der Waals surface area contributed by atoms with Crippen LogP contribution in [0.5, 0.6) is 5.75 Å². The molecule has 0 aliphatic carbocycles. The zero-order valence-corrected chi connectivity index (χ0v) is 11.9. The lowest BCUT2D eigenvalue weighted by Crippen LogP contribution is -2.40. The normalized spacial score (nSPS) is 12.4. The summed E-state index contributed by atoms with van der Waals surface area (Å²) in [6, 6.07) is 5.68. The predicted octanol–water partition coefficient (Wildman–Crippen LogP) is 1.10. The molecule has 0 aliphatic heterocycles. The van der Waals surface area contributed by atoms with Crippen LogP contribution in [0.1, 0.15) is 25.3 Å². The summed E-state index contributed by atoms with van der Waals surface area (Å²) < 4.78 is 5.26. The first-order valence-corrected chi connectivity index (χ1v) is 6.26. The van der Waals surface area contributed by atoms with Crippen LogP contribution in [0.3, 0.4) is 0 Å². The molecule has 106 valence electrons. The maximum Gasteiger partial charge on any atom is 0.256 e. The highest BCUT2D eigenvalue weighted by atomic mass is 16.5. The van der Waals surface area contributed by atoms with Crippen molar-refractivity contribution < 1.29 is 14.6 Å². The van der Waals surface area contributed by atoms with Gasteiger partial charge in [-0.25, -0.2) is 0 Å². The van der Waals surface area contributed by atoms with Gasteiger partial charge in [-0.3, -0.25) is 4.79 Å². The molecule has 0 heterocycles. The molecule has 3 N–H and O–H groups in total. The molecule has 0 bridgehead atoms. The molecule has 1 aromatic rings. The Kier molecular flexibility index (Phi) is 5.32. The minimum atomic E-state index is -1.20. The number of nitrogens with two attached hydrogens (primary N) is 1. The molecule has 0 aromatic heterocycles. The lowest BCUT2D eigenvalue weighted by atomic mass is 10.0. The smallest absolute Gasteiger partial charge is 0.256 e. The van der Waals surface area contributed by atoms with Gasteiger partial charge in [-0.2, -0.15) is 0 Å². The Bertz CT molecular complexity index is 446. The molecule has 0 fully saturated rings. The van der Waals surface area contributed by atoms with Gasteiger partial charge < -0.3 is 20.5 Å². The number of aliphatic hydroxyl groups excluding tert-OH is 1. The van der Waals surface area contributed by atoms with Crippen LogP contribution < -0.4 is 15.4 Å². The highest BCUT2D eigenvalue weighted by Crippen LogP contribution is 2.31. The highest BCUT2D eigenvalue weighted by molar-refractivity contribution is 5.97. The summed E-state index contributed by atoms with van der Waals surface area (Å²) in [5.74, 6) is 0.485. The molecule has 1 amide bonds. The molecular formula is C14H22N2O3. The Morgan fingerprint density at radius 1 is 1.47 bits per heavy atom. The minimum absolute atomic E-state index is 0.102. The highest BCUT2D eigenvalue weighted by Gasteiger charge is 2.22. The van der Waals surface area contributed by atoms with Crippen molar-refractivity contribution in [2.75, 3.05) is 25.6 Å². The fourth-order valence-corrected chi connectivity index (χ4v) is 1.77. The zero-order valence-electron chi connectivity index (χ0n) is 11.9. The van der Waals surface area contributed by atoms with Crippen molar-refractivity contribution in [3.63, 3.8) is 0 Å². The number of likely N-dealkylation sites (N-methyl/N-ethyl adjacent to an activating group) is 1. The summed E-state index contributed by atoms with van der Waals surface area (Å²) in [6.07, 6.45) is -1.20. The third-order valence-corrected chi connectivity index (χ3v) is 3.07. The first kappa shape index (κ1) is 15.5. The van der Waals surface area contributed by atoms with Crippen LogP contribution in [-0.2, 0) is 4.79 Å². The Labute approximate surface area is 114 Å². The lowest BCUT2D eigenvalue weighted by Gasteiger charge is -2.23. The molecule has 0 radical (unpaired) electrons. The predicted molar refractivity (Wildman–Crippen MR) is 75.6 cm³/mol. The van der Waals surface area contributed by atoms with Crippen LogP contribution in [0.4, 0.5) is 5.69 Å². The van der Waals surface area contributed by atoms with E-state index in [0.29, 0.717) is 17.4 Å². The van der Waals surface area contributed by atoms with E-state index in [1.54, 1.807) is 14.2 Å². The molecule has 1 rings (SSSR count). The summed E-state index contributed by atoms with van der Waals surface area (Å²) >= 11 is 0. The van der Waals surface area contributed by atoms with Crippen molar-refractivity contribution in [1.82, 2.24) is 0 Å². The topological polar surface area (TPSA) is 75.8 Å². The largest absolute Gasteiger partial charge is 0.495 e. The van der Waals surface area contributed by atoms with Gasteiger partial charge in [-0.15, -0.1) is 0 Å². The molecule has 1 unspecified atom stereocenters. The number of carbonyl (C=O) groups excluding carboxylic acids is 1. The van der Waals surface area contributed by atoms with E-state index in [1.165, 1.54) is 4.90 Å². The maximum atomic E-state index is 12.0. The maximum absolute atomic E-state index is 12.0. The van der Waals surface area contributed by atoms with E-state index in [1.807, 2.05) is 18.2 Å². The number of anilines is 1. The van der Waals surface area contributed by atoms with Gasteiger partial charge in [-0.1, -0.05) is 19.9 Å². The Balaban J connectivity index is 3.15. The number of methoxy groups -OCH3 is 1. The second kappa shape index (κ2) is 6.54.